The second kappa shape index (κ2) is 6.75. The summed E-state index contributed by atoms with van der Waals surface area (Å²) in [5.41, 5.74) is 3.60. The number of anilines is 1. The molecule has 2 aromatic rings. The van der Waals surface area contributed by atoms with E-state index in [9.17, 15) is 4.79 Å². The summed E-state index contributed by atoms with van der Waals surface area (Å²) in [6.07, 6.45) is 1.60. The third kappa shape index (κ3) is 4.21. The Hall–Kier alpha value is -2.55. The molecule has 0 bridgehead atoms. The first-order valence-corrected chi connectivity index (χ1v) is 6.79. The van der Waals surface area contributed by atoms with Crippen molar-refractivity contribution in [2.75, 3.05) is 12.4 Å². The van der Waals surface area contributed by atoms with Crippen LogP contribution in [0.15, 0.2) is 60.3 Å². The first-order valence-electron chi connectivity index (χ1n) is 6.79. The highest BCUT2D eigenvalue weighted by atomic mass is 16.5. The molecule has 0 radical (unpaired) electrons. The molecule has 108 valence electrons. The van der Waals surface area contributed by atoms with Gasteiger partial charge in [0.15, 0.2) is 5.78 Å². The SMILES string of the molecule is COc1ccc(C(=O)C=C(C)Nc2cccc(C)c2)cc1. The molecule has 0 fully saturated rings. The van der Waals surface area contributed by atoms with E-state index in [0.29, 0.717) is 5.56 Å². The van der Waals surface area contributed by atoms with Gasteiger partial charge in [-0.25, -0.2) is 0 Å². The number of ketones is 1. The van der Waals surface area contributed by atoms with E-state index in [1.54, 1.807) is 37.5 Å². The van der Waals surface area contributed by atoms with Crippen LogP contribution in [0.25, 0.3) is 0 Å². The quantitative estimate of drug-likeness (QED) is 0.659. The fourth-order valence-corrected chi connectivity index (χ4v) is 2.02. The third-order valence-corrected chi connectivity index (χ3v) is 3.08. The predicted octanol–water partition coefficient (Wildman–Crippen LogP) is 4.20. The molecule has 0 aliphatic carbocycles. The molecule has 3 nitrogen and oxygen atoms in total. The average molecular weight is 281 g/mol. The first kappa shape index (κ1) is 14.9. The normalized spacial score (nSPS) is 11.1. The zero-order valence-electron chi connectivity index (χ0n) is 12.5. The second-order valence-electron chi connectivity index (χ2n) is 4.91. The monoisotopic (exact) mass is 281 g/mol. The van der Waals surface area contributed by atoms with Crippen LogP contribution >= 0.6 is 0 Å². The van der Waals surface area contributed by atoms with Gasteiger partial charge in [0.05, 0.1) is 7.11 Å². The van der Waals surface area contributed by atoms with Crippen LogP contribution in [0.4, 0.5) is 5.69 Å². The van der Waals surface area contributed by atoms with Gasteiger partial charge in [-0.15, -0.1) is 0 Å². The Kier molecular flexibility index (Phi) is 4.77. The fourth-order valence-electron chi connectivity index (χ4n) is 2.02. The van der Waals surface area contributed by atoms with Crippen LogP contribution in [0.2, 0.25) is 0 Å². The molecule has 0 aliphatic heterocycles. The smallest absolute Gasteiger partial charge is 0.187 e. The number of carbonyl (C=O) groups is 1. The zero-order chi connectivity index (χ0) is 15.2. The van der Waals surface area contributed by atoms with Gasteiger partial charge in [0.1, 0.15) is 5.75 Å². The first-order chi connectivity index (χ1) is 10.1. The molecule has 0 saturated carbocycles. The Balaban J connectivity index is 2.08. The predicted molar refractivity (Wildman–Crippen MR) is 85.9 cm³/mol. The second-order valence-corrected chi connectivity index (χ2v) is 4.91. The molecule has 2 rings (SSSR count). The maximum Gasteiger partial charge on any atom is 0.187 e. The Bertz CT molecular complexity index is 657. The largest absolute Gasteiger partial charge is 0.497 e. The molecule has 3 heteroatoms. The maximum atomic E-state index is 12.2. The van der Waals surface area contributed by atoms with Crippen LogP contribution in [-0.4, -0.2) is 12.9 Å². The lowest BCUT2D eigenvalue weighted by atomic mass is 10.1. The van der Waals surface area contributed by atoms with Crippen LogP contribution in [-0.2, 0) is 0 Å². The molecular weight excluding hydrogens is 262 g/mol. The Morgan fingerprint density at radius 2 is 1.86 bits per heavy atom. The molecule has 0 spiro atoms. The minimum absolute atomic E-state index is 0.0321. The number of hydrogen-bond acceptors (Lipinski definition) is 3. The van der Waals surface area contributed by atoms with Crippen LogP contribution in [0.3, 0.4) is 0 Å². The van der Waals surface area contributed by atoms with Gasteiger partial charge in [0, 0.05) is 23.0 Å². The number of rotatable bonds is 5. The van der Waals surface area contributed by atoms with Crippen molar-refractivity contribution in [2.24, 2.45) is 0 Å². The van der Waals surface area contributed by atoms with Gasteiger partial charge in [0.2, 0.25) is 0 Å². The topological polar surface area (TPSA) is 38.3 Å². The number of hydrogen-bond donors (Lipinski definition) is 1. The van der Waals surface area contributed by atoms with Crippen molar-refractivity contribution < 1.29 is 9.53 Å². The molecule has 0 aliphatic rings. The van der Waals surface area contributed by atoms with E-state index >= 15 is 0 Å². The summed E-state index contributed by atoms with van der Waals surface area (Å²) < 4.78 is 5.08. The van der Waals surface area contributed by atoms with E-state index in [-0.39, 0.29) is 5.78 Å². The van der Waals surface area contributed by atoms with Gasteiger partial charge in [-0.1, -0.05) is 12.1 Å². The van der Waals surface area contributed by atoms with E-state index in [1.165, 1.54) is 5.56 Å². The minimum Gasteiger partial charge on any atom is -0.497 e. The molecule has 0 heterocycles. The number of methoxy groups -OCH3 is 1. The minimum atomic E-state index is -0.0321. The summed E-state index contributed by atoms with van der Waals surface area (Å²) in [5.74, 6) is 0.709. The van der Waals surface area contributed by atoms with E-state index < -0.39 is 0 Å². The molecule has 0 saturated heterocycles. The highest BCUT2D eigenvalue weighted by Gasteiger charge is 2.04. The van der Waals surface area contributed by atoms with Gasteiger partial charge in [-0.2, -0.15) is 0 Å². The van der Waals surface area contributed by atoms with Crippen LogP contribution < -0.4 is 10.1 Å². The summed E-state index contributed by atoms with van der Waals surface area (Å²) in [7, 11) is 1.60. The summed E-state index contributed by atoms with van der Waals surface area (Å²) in [4.78, 5) is 12.2. The van der Waals surface area contributed by atoms with Crippen molar-refractivity contribution in [3.63, 3.8) is 0 Å². The van der Waals surface area contributed by atoms with Gasteiger partial charge < -0.3 is 10.1 Å². The highest BCUT2D eigenvalue weighted by molar-refractivity contribution is 6.05. The van der Waals surface area contributed by atoms with Crippen molar-refractivity contribution in [2.45, 2.75) is 13.8 Å². The van der Waals surface area contributed by atoms with E-state index in [4.69, 9.17) is 4.74 Å². The summed E-state index contributed by atoms with van der Waals surface area (Å²) in [6.45, 7) is 3.91. The molecule has 2 aromatic carbocycles. The zero-order valence-corrected chi connectivity index (χ0v) is 12.5. The Morgan fingerprint density at radius 1 is 1.14 bits per heavy atom. The van der Waals surface area contributed by atoms with Crippen molar-refractivity contribution in [1.82, 2.24) is 0 Å². The molecule has 1 N–H and O–H groups in total. The number of nitrogens with one attached hydrogen (secondary N) is 1. The number of benzene rings is 2. The summed E-state index contributed by atoms with van der Waals surface area (Å²) in [6, 6.07) is 15.1. The summed E-state index contributed by atoms with van der Waals surface area (Å²) in [5, 5.41) is 3.22. The molecule has 21 heavy (non-hydrogen) atoms. The number of aryl methyl sites for hydroxylation is 1. The van der Waals surface area contributed by atoms with Crippen molar-refractivity contribution in [1.29, 1.82) is 0 Å². The van der Waals surface area contributed by atoms with Crippen LogP contribution in [0.5, 0.6) is 5.75 Å². The fraction of sp³-hybridized carbons (Fsp3) is 0.167. The number of ether oxygens (including phenoxy) is 1. The molecule has 0 atom stereocenters. The van der Waals surface area contributed by atoms with Crippen LogP contribution in [0, 0.1) is 6.92 Å². The highest BCUT2D eigenvalue weighted by Crippen LogP contribution is 2.14. The molecule has 0 aromatic heterocycles. The number of carbonyl (C=O) groups excluding carboxylic acids is 1. The third-order valence-electron chi connectivity index (χ3n) is 3.08. The molecule has 0 amide bonds. The van der Waals surface area contributed by atoms with Gasteiger partial charge in [-0.3, -0.25) is 4.79 Å². The van der Waals surface area contributed by atoms with Gasteiger partial charge >= 0.3 is 0 Å². The Labute approximate surface area is 125 Å². The van der Waals surface area contributed by atoms with Gasteiger partial charge in [0.25, 0.3) is 0 Å². The van der Waals surface area contributed by atoms with E-state index in [1.807, 2.05) is 38.1 Å². The lowest BCUT2D eigenvalue weighted by Crippen LogP contribution is -2.01. The molecule has 0 unspecified atom stereocenters. The van der Waals surface area contributed by atoms with Crippen molar-refractivity contribution in [3.8, 4) is 5.75 Å². The lowest BCUT2D eigenvalue weighted by Gasteiger charge is -2.07. The number of allylic oxidation sites excluding steroid dienone is 2. The van der Waals surface area contributed by atoms with E-state index in [0.717, 1.165) is 17.1 Å². The standard InChI is InChI=1S/C18H19NO2/c1-13-5-4-6-16(11-13)19-14(2)12-18(20)15-7-9-17(21-3)10-8-15/h4-12,19H,1-3H3. The summed E-state index contributed by atoms with van der Waals surface area (Å²) >= 11 is 0. The van der Waals surface area contributed by atoms with Crippen molar-refractivity contribution in [3.05, 3.63) is 71.4 Å². The molecular formula is C18H19NO2. The van der Waals surface area contributed by atoms with Crippen molar-refractivity contribution >= 4 is 11.5 Å². The Morgan fingerprint density at radius 3 is 2.48 bits per heavy atom. The average Bonchev–Trinajstić information content (AvgIpc) is 2.47. The van der Waals surface area contributed by atoms with E-state index in [2.05, 4.69) is 5.32 Å². The van der Waals surface area contributed by atoms with Crippen LogP contribution in [0.1, 0.15) is 22.8 Å². The van der Waals surface area contributed by atoms with Gasteiger partial charge in [-0.05, 0) is 55.8 Å². The lowest BCUT2D eigenvalue weighted by molar-refractivity contribution is 0.104. The maximum absolute atomic E-state index is 12.2.